The Morgan fingerprint density at radius 3 is 2.94 bits per heavy atom. The molecule has 1 aromatic rings. The molecule has 1 aromatic carbocycles. The third kappa shape index (κ3) is 6.14. The van der Waals surface area contributed by atoms with Crippen molar-refractivity contribution in [1.29, 1.82) is 0 Å². The number of hydrogen-bond acceptors (Lipinski definition) is 2. The van der Waals surface area contributed by atoms with E-state index < -0.39 is 0 Å². The molecule has 0 radical (unpaired) electrons. The molecule has 4 nitrogen and oxygen atoms in total. The number of unbranched alkanes of at least 4 members (excludes halogenated alkanes) is 1. The van der Waals surface area contributed by atoms with Gasteiger partial charge in [0.2, 0.25) is 0 Å². The van der Waals surface area contributed by atoms with Crippen molar-refractivity contribution in [2.75, 3.05) is 25.6 Å². The van der Waals surface area contributed by atoms with Crippen molar-refractivity contribution in [2.45, 2.75) is 12.8 Å². The van der Waals surface area contributed by atoms with Crippen LogP contribution in [0.1, 0.15) is 12.8 Å². The van der Waals surface area contributed by atoms with Crippen molar-refractivity contribution in [2.24, 2.45) is 0 Å². The molecule has 0 spiro atoms. The summed E-state index contributed by atoms with van der Waals surface area (Å²) in [7, 11) is 1.67. The molecule has 0 heterocycles. The number of benzene rings is 1. The third-order valence-electron chi connectivity index (χ3n) is 2.14. The van der Waals surface area contributed by atoms with Crippen molar-refractivity contribution < 1.29 is 9.53 Å². The van der Waals surface area contributed by atoms with Crippen LogP contribution in [0.2, 0.25) is 5.02 Å². The van der Waals surface area contributed by atoms with Crippen LogP contribution in [0.5, 0.6) is 0 Å². The van der Waals surface area contributed by atoms with E-state index in [1.807, 2.05) is 0 Å². The number of nitrogens with one attached hydrogen (secondary N) is 2. The van der Waals surface area contributed by atoms with Crippen LogP contribution in [0.4, 0.5) is 10.5 Å². The summed E-state index contributed by atoms with van der Waals surface area (Å²) in [6.07, 6.45) is 1.84. The molecule has 0 aliphatic carbocycles. The van der Waals surface area contributed by atoms with Gasteiger partial charge in [0, 0.05) is 31.0 Å². The van der Waals surface area contributed by atoms with Crippen LogP contribution in [0, 0.1) is 0 Å². The minimum Gasteiger partial charge on any atom is -0.385 e. The van der Waals surface area contributed by atoms with Gasteiger partial charge in [0.15, 0.2) is 0 Å². The Kier molecular flexibility index (Phi) is 6.43. The van der Waals surface area contributed by atoms with Gasteiger partial charge in [-0.1, -0.05) is 17.7 Å². The lowest BCUT2D eigenvalue weighted by Gasteiger charge is -2.07. The second-order valence-corrected chi connectivity index (χ2v) is 4.03. The maximum Gasteiger partial charge on any atom is 0.319 e. The monoisotopic (exact) mass is 256 g/mol. The van der Waals surface area contributed by atoms with Gasteiger partial charge in [-0.05, 0) is 31.0 Å². The lowest BCUT2D eigenvalue weighted by molar-refractivity contribution is 0.192. The lowest BCUT2D eigenvalue weighted by atomic mass is 10.3. The van der Waals surface area contributed by atoms with Crippen LogP contribution in [-0.4, -0.2) is 26.3 Å². The predicted molar refractivity (Wildman–Crippen MR) is 69.6 cm³/mol. The number of anilines is 1. The van der Waals surface area contributed by atoms with Crippen LogP contribution in [0.3, 0.4) is 0 Å². The largest absolute Gasteiger partial charge is 0.385 e. The standard InChI is InChI=1S/C12H17ClN2O2/c1-17-8-3-2-7-14-12(16)15-11-6-4-5-10(13)9-11/h4-6,9H,2-3,7-8H2,1H3,(H2,14,15,16). The summed E-state index contributed by atoms with van der Waals surface area (Å²) in [6.45, 7) is 1.35. The molecule has 0 bridgehead atoms. The second kappa shape index (κ2) is 7.92. The number of urea groups is 1. The predicted octanol–water partition coefficient (Wildman–Crippen LogP) is 2.89. The Morgan fingerprint density at radius 1 is 1.41 bits per heavy atom. The molecule has 0 unspecified atom stereocenters. The molecule has 0 aliphatic heterocycles. The zero-order valence-corrected chi connectivity index (χ0v) is 10.6. The molecular weight excluding hydrogens is 240 g/mol. The molecule has 0 saturated carbocycles. The number of amides is 2. The minimum absolute atomic E-state index is 0.218. The van der Waals surface area contributed by atoms with E-state index in [4.69, 9.17) is 16.3 Å². The molecule has 2 amide bonds. The molecule has 0 aliphatic rings. The van der Waals surface area contributed by atoms with E-state index in [9.17, 15) is 4.79 Å². The summed E-state index contributed by atoms with van der Waals surface area (Å²) in [4.78, 5) is 11.5. The molecular formula is C12H17ClN2O2. The van der Waals surface area contributed by atoms with Gasteiger partial charge >= 0.3 is 6.03 Å². The fourth-order valence-electron chi connectivity index (χ4n) is 1.31. The highest BCUT2D eigenvalue weighted by molar-refractivity contribution is 6.30. The van der Waals surface area contributed by atoms with Gasteiger partial charge in [0.05, 0.1) is 0 Å². The highest BCUT2D eigenvalue weighted by atomic mass is 35.5. The zero-order valence-electron chi connectivity index (χ0n) is 9.83. The molecule has 2 N–H and O–H groups in total. The van der Waals surface area contributed by atoms with Crippen molar-refractivity contribution in [3.8, 4) is 0 Å². The van der Waals surface area contributed by atoms with Crippen LogP contribution in [-0.2, 0) is 4.74 Å². The first kappa shape index (κ1) is 13.8. The van der Waals surface area contributed by atoms with E-state index in [-0.39, 0.29) is 6.03 Å². The zero-order chi connectivity index (χ0) is 12.5. The highest BCUT2D eigenvalue weighted by Gasteiger charge is 2.00. The fourth-order valence-corrected chi connectivity index (χ4v) is 1.51. The molecule has 0 aromatic heterocycles. The molecule has 0 atom stereocenters. The number of rotatable bonds is 6. The molecule has 5 heteroatoms. The maximum atomic E-state index is 11.5. The summed E-state index contributed by atoms with van der Waals surface area (Å²) < 4.78 is 4.91. The number of ether oxygens (including phenoxy) is 1. The van der Waals surface area contributed by atoms with E-state index in [2.05, 4.69) is 10.6 Å². The van der Waals surface area contributed by atoms with Crippen LogP contribution in [0.25, 0.3) is 0 Å². The minimum atomic E-state index is -0.218. The van der Waals surface area contributed by atoms with E-state index in [1.54, 1.807) is 31.4 Å². The Bertz CT molecular complexity index is 358. The van der Waals surface area contributed by atoms with Crippen molar-refractivity contribution >= 4 is 23.3 Å². The molecule has 1 rings (SSSR count). The lowest BCUT2D eigenvalue weighted by Crippen LogP contribution is -2.29. The third-order valence-corrected chi connectivity index (χ3v) is 2.38. The normalized spacial score (nSPS) is 10.0. The first-order chi connectivity index (χ1) is 8.22. The van der Waals surface area contributed by atoms with Crippen molar-refractivity contribution in [3.05, 3.63) is 29.3 Å². The number of halogens is 1. The van der Waals surface area contributed by atoms with E-state index >= 15 is 0 Å². The number of carbonyl (C=O) groups excluding carboxylic acids is 1. The Morgan fingerprint density at radius 2 is 2.24 bits per heavy atom. The quantitative estimate of drug-likeness (QED) is 0.769. The van der Waals surface area contributed by atoms with Crippen LogP contribution < -0.4 is 10.6 Å². The van der Waals surface area contributed by atoms with Crippen LogP contribution in [0.15, 0.2) is 24.3 Å². The van der Waals surface area contributed by atoms with Gasteiger partial charge in [0.1, 0.15) is 0 Å². The fraction of sp³-hybridized carbons (Fsp3) is 0.417. The summed E-state index contributed by atoms with van der Waals surface area (Å²) in [6, 6.07) is 6.82. The van der Waals surface area contributed by atoms with Gasteiger partial charge < -0.3 is 15.4 Å². The van der Waals surface area contributed by atoms with E-state index in [0.717, 1.165) is 19.4 Å². The van der Waals surface area contributed by atoms with Gasteiger partial charge in [-0.2, -0.15) is 0 Å². The smallest absolute Gasteiger partial charge is 0.319 e. The SMILES string of the molecule is COCCCCNC(=O)Nc1cccc(Cl)c1. The Labute approximate surface area is 106 Å². The Hall–Kier alpha value is -1.26. The van der Waals surface area contributed by atoms with Gasteiger partial charge in [-0.15, -0.1) is 0 Å². The highest BCUT2D eigenvalue weighted by Crippen LogP contribution is 2.14. The molecule has 17 heavy (non-hydrogen) atoms. The maximum absolute atomic E-state index is 11.5. The molecule has 0 saturated heterocycles. The average molecular weight is 257 g/mol. The van der Waals surface area contributed by atoms with Crippen molar-refractivity contribution in [1.82, 2.24) is 5.32 Å². The van der Waals surface area contributed by atoms with E-state index in [1.165, 1.54) is 0 Å². The summed E-state index contributed by atoms with van der Waals surface area (Å²) in [5.74, 6) is 0. The van der Waals surface area contributed by atoms with Gasteiger partial charge in [0.25, 0.3) is 0 Å². The summed E-state index contributed by atoms with van der Waals surface area (Å²) in [5, 5.41) is 6.07. The first-order valence-corrected chi connectivity index (χ1v) is 5.89. The molecule has 94 valence electrons. The second-order valence-electron chi connectivity index (χ2n) is 3.59. The Balaban J connectivity index is 2.21. The molecule has 0 fully saturated rings. The summed E-state index contributed by atoms with van der Waals surface area (Å²) >= 11 is 5.80. The number of carbonyl (C=O) groups is 1. The van der Waals surface area contributed by atoms with Gasteiger partial charge in [-0.3, -0.25) is 0 Å². The van der Waals surface area contributed by atoms with Crippen LogP contribution >= 0.6 is 11.6 Å². The average Bonchev–Trinajstić information content (AvgIpc) is 2.29. The topological polar surface area (TPSA) is 50.4 Å². The number of methoxy groups -OCH3 is 1. The number of hydrogen-bond donors (Lipinski definition) is 2. The van der Waals surface area contributed by atoms with Gasteiger partial charge in [-0.25, -0.2) is 4.79 Å². The summed E-state index contributed by atoms with van der Waals surface area (Å²) in [5.41, 5.74) is 0.687. The van der Waals surface area contributed by atoms with Crippen molar-refractivity contribution in [3.63, 3.8) is 0 Å². The first-order valence-electron chi connectivity index (χ1n) is 5.51. The van der Waals surface area contributed by atoms with E-state index in [0.29, 0.717) is 17.3 Å².